The summed E-state index contributed by atoms with van der Waals surface area (Å²) < 4.78 is 0. The molecule has 0 saturated heterocycles. The molecule has 0 radical (unpaired) electrons. The minimum atomic E-state index is -0.903. The van der Waals surface area contributed by atoms with Gasteiger partial charge in [-0.05, 0) is 6.42 Å². The van der Waals surface area contributed by atoms with Crippen molar-refractivity contribution in [3.8, 4) is 0 Å². The van der Waals surface area contributed by atoms with Crippen molar-refractivity contribution in [2.45, 2.75) is 26.7 Å². The zero-order valence-electron chi connectivity index (χ0n) is 12.0. The first kappa shape index (κ1) is 16.4. The van der Waals surface area contributed by atoms with Crippen LogP contribution in [0.5, 0.6) is 0 Å². The van der Waals surface area contributed by atoms with Gasteiger partial charge in [0.1, 0.15) is 0 Å². The average Bonchev–Trinajstić information content (AvgIpc) is 2.86. The number of hydrogen-bond donors (Lipinski definition) is 2. The number of nitrogens with one attached hydrogen (secondary N) is 1. The number of carboxylic acid groups (broad SMARTS) is 1. The zero-order chi connectivity index (χ0) is 15.1. The van der Waals surface area contributed by atoms with Gasteiger partial charge in [-0.3, -0.25) is 4.79 Å². The number of hydrogen-bond acceptors (Lipinski definition) is 4. The highest BCUT2D eigenvalue weighted by Gasteiger charge is 2.16. The van der Waals surface area contributed by atoms with Gasteiger partial charge in [0.05, 0.1) is 10.9 Å². The molecule has 1 atom stereocenters. The molecule has 0 aromatic carbocycles. The van der Waals surface area contributed by atoms with E-state index in [2.05, 4.69) is 17.2 Å². The number of amides is 2. The lowest BCUT2D eigenvalue weighted by molar-refractivity contribution is -0.141. The molecule has 1 aromatic rings. The summed E-state index contributed by atoms with van der Waals surface area (Å²) >= 11 is 1.65. The molecule has 0 spiro atoms. The van der Waals surface area contributed by atoms with Gasteiger partial charge >= 0.3 is 12.0 Å². The van der Waals surface area contributed by atoms with Crippen molar-refractivity contribution >= 4 is 23.3 Å². The van der Waals surface area contributed by atoms with Crippen LogP contribution in [0.3, 0.4) is 0 Å². The second-order valence-corrected chi connectivity index (χ2v) is 5.88. The Labute approximate surface area is 122 Å². The highest BCUT2D eigenvalue weighted by atomic mass is 32.1. The van der Waals surface area contributed by atoms with E-state index in [1.54, 1.807) is 25.3 Å². The van der Waals surface area contributed by atoms with E-state index in [0.717, 1.165) is 11.4 Å². The van der Waals surface area contributed by atoms with Crippen LogP contribution in [0.4, 0.5) is 4.79 Å². The van der Waals surface area contributed by atoms with E-state index in [0.29, 0.717) is 13.0 Å². The van der Waals surface area contributed by atoms with E-state index in [1.165, 1.54) is 9.78 Å². The standard InChI is InChI=1S/C13H21N3O3S/c1-4-10-7-15-11(20-10)5-6-14-13(19)16(3)8-9(2)12(17)18/h7,9H,4-6,8H2,1-3H3,(H,14,19)(H,17,18). The van der Waals surface area contributed by atoms with Crippen LogP contribution in [-0.4, -0.2) is 47.1 Å². The second kappa shape index (κ2) is 7.84. The molecule has 6 nitrogen and oxygen atoms in total. The first-order valence-electron chi connectivity index (χ1n) is 6.59. The first-order chi connectivity index (χ1) is 9.43. The lowest BCUT2D eigenvalue weighted by atomic mass is 10.2. The molecular weight excluding hydrogens is 278 g/mol. The molecule has 1 unspecified atom stereocenters. The van der Waals surface area contributed by atoms with E-state index in [1.807, 2.05) is 6.20 Å². The van der Waals surface area contributed by atoms with Gasteiger partial charge in [0.25, 0.3) is 0 Å². The number of nitrogens with zero attached hydrogens (tertiary/aromatic N) is 2. The Bertz CT molecular complexity index is 461. The van der Waals surface area contributed by atoms with Crippen LogP contribution in [0.25, 0.3) is 0 Å². The van der Waals surface area contributed by atoms with Crippen molar-refractivity contribution in [3.05, 3.63) is 16.1 Å². The molecule has 0 bridgehead atoms. The fourth-order valence-corrected chi connectivity index (χ4v) is 2.47. The normalized spacial score (nSPS) is 11.9. The van der Waals surface area contributed by atoms with Crippen molar-refractivity contribution < 1.29 is 14.7 Å². The summed E-state index contributed by atoms with van der Waals surface area (Å²) in [6.07, 6.45) is 3.53. The molecule has 7 heteroatoms. The van der Waals surface area contributed by atoms with Crippen LogP contribution in [0.15, 0.2) is 6.20 Å². The van der Waals surface area contributed by atoms with E-state index in [4.69, 9.17) is 5.11 Å². The highest BCUT2D eigenvalue weighted by Crippen LogP contribution is 2.13. The number of carboxylic acids is 1. The van der Waals surface area contributed by atoms with Gasteiger partial charge in [-0.1, -0.05) is 13.8 Å². The van der Waals surface area contributed by atoms with E-state index < -0.39 is 11.9 Å². The van der Waals surface area contributed by atoms with Gasteiger partial charge in [0.2, 0.25) is 0 Å². The topological polar surface area (TPSA) is 82.5 Å². The van der Waals surface area contributed by atoms with Crippen LogP contribution in [0.2, 0.25) is 0 Å². The van der Waals surface area contributed by atoms with Crippen LogP contribution < -0.4 is 5.32 Å². The van der Waals surface area contributed by atoms with Crippen molar-refractivity contribution in [1.29, 1.82) is 0 Å². The monoisotopic (exact) mass is 299 g/mol. The predicted molar refractivity (Wildman–Crippen MR) is 78.0 cm³/mol. The Balaban J connectivity index is 2.30. The van der Waals surface area contributed by atoms with Gasteiger partial charge in [-0.2, -0.15) is 0 Å². The van der Waals surface area contributed by atoms with E-state index in [9.17, 15) is 9.59 Å². The molecule has 20 heavy (non-hydrogen) atoms. The van der Waals surface area contributed by atoms with Crippen LogP contribution >= 0.6 is 11.3 Å². The Kier molecular flexibility index (Phi) is 6.44. The number of carbonyl (C=O) groups is 2. The minimum Gasteiger partial charge on any atom is -0.481 e. The van der Waals surface area contributed by atoms with Crippen LogP contribution in [-0.2, 0) is 17.6 Å². The number of rotatable bonds is 7. The molecule has 2 amide bonds. The number of aromatic nitrogens is 1. The summed E-state index contributed by atoms with van der Waals surface area (Å²) in [5, 5.41) is 12.6. The summed E-state index contributed by atoms with van der Waals surface area (Å²) in [5.41, 5.74) is 0. The molecule has 0 fully saturated rings. The van der Waals surface area contributed by atoms with Gasteiger partial charge in [-0.15, -0.1) is 11.3 Å². The van der Waals surface area contributed by atoms with Crippen molar-refractivity contribution in [3.63, 3.8) is 0 Å². The van der Waals surface area contributed by atoms with Gasteiger partial charge < -0.3 is 15.3 Å². The van der Waals surface area contributed by atoms with Crippen molar-refractivity contribution in [2.75, 3.05) is 20.1 Å². The fourth-order valence-electron chi connectivity index (χ4n) is 1.61. The Morgan fingerprint density at radius 2 is 2.25 bits per heavy atom. The van der Waals surface area contributed by atoms with E-state index >= 15 is 0 Å². The molecule has 1 heterocycles. The maximum atomic E-state index is 11.8. The summed E-state index contributed by atoms with van der Waals surface area (Å²) in [5.74, 6) is -1.48. The number of carbonyl (C=O) groups excluding carboxylic acids is 1. The molecule has 0 aliphatic heterocycles. The van der Waals surface area contributed by atoms with Gasteiger partial charge in [0.15, 0.2) is 0 Å². The number of aliphatic carboxylic acids is 1. The molecule has 0 saturated carbocycles. The highest BCUT2D eigenvalue weighted by molar-refractivity contribution is 7.11. The second-order valence-electron chi connectivity index (χ2n) is 4.68. The molecular formula is C13H21N3O3S. The third-order valence-electron chi connectivity index (χ3n) is 2.88. The first-order valence-corrected chi connectivity index (χ1v) is 7.41. The third kappa shape index (κ3) is 5.16. The Hall–Kier alpha value is -1.63. The van der Waals surface area contributed by atoms with Gasteiger partial charge in [-0.25, -0.2) is 9.78 Å². The average molecular weight is 299 g/mol. The largest absolute Gasteiger partial charge is 0.481 e. The third-order valence-corrected chi connectivity index (χ3v) is 4.08. The molecule has 0 aliphatic rings. The quantitative estimate of drug-likeness (QED) is 0.801. The zero-order valence-corrected chi connectivity index (χ0v) is 12.9. The van der Waals surface area contributed by atoms with E-state index in [-0.39, 0.29) is 12.6 Å². The summed E-state index contributed by atoms with van der Waals surface area (Å²) in [6, 6.07) is -0.259. The predicted octanol–water partition coefficient (Wildman–Crippen LogP) is 1.61. The van der Waals surface area contributed by atoms with Crippen LogP contribution in [0.1, 0.15) is 23.7 Å². The summed E-state index contributed by atoms with van der Waals surface area (Å²) in [6.45, 7) is 4.35. The lowest BCUT2D eigenvalue weighted by Gasteiger charge is -2.19. The van der Waals surface area contributed by atoms with Gasteiger partial charge in [0, 0.05) is 37.6 Å². The van der Waals surface area contributed by atoms with Crippen LogP contribution in [0, 0.1) is 5.92 Å². The fraction of sp³-hybridized carbons (Fsp3) is 0.615. The molecule has 112 valence electrons. The number of urea groups is 1. The summed E-state index contributed by atoms with van der Waals surface area (Å²) in [7, 11) is 1.59. The number of thiazole rings is 1. The SMILES string of the molecule is CCc1cnc(CCNC(=O)N(C)CC(C)C(=O)O)s1. The number of aryl methyl sites for hydroxylation is 1. The molecule has 1 aromatic heterocycles. The van der Waals surface area contributed by atoms with Crippen molar-refractivity contribution in [2.24, 2.45) is 5.92 Å². The molecule has 1 rings (SSSR count). The smallest absolute Gasteiger partial charge is 0.317 e. The maximum Gasteiger partial charge on any atom is 0.317 e. The summed E-state index contributed by atoms with van der Waals surface area (Å²) in [4.78, 5) is 29.4. The Morgan fingerprint density at radius 1 is 1.55 bits per heavy atom. The lowest BCUT2D eigenvalue weighted by Crippen LogP contribution is -2.41. The molecule has 0 aliphatic carbocycles. The Morgan fingerprint density at radius 3 is 2.80 bits per heavy atom. The molecule has 2 N–H and O–H groups in total. The maximum absolute atomic E-state index is 11.8. The minimum absolute atomic E-state index is 0.193. The van der Waals surface area contributed by atoms with Crippen molar-refractivity contribution in [1.82, 2.24) is 15.2 Å².